The van der Waals surface area contributed by atoms with E-state index in [0.717, 1.165) is 51.2 Å². The predicted molar refractivity (Wildman–Crippen MR) is 107 cm³/mol. The Morgan fingerprint density at radius 2 is 1.81 bits per heavy atom. The van der Waals surface area contributed by atoms with Crippen LogP contribution in [0.25, 0.3) is 0 Å². The third kappa shape index (κ3) is 4.16. The first kappa shape index (κ1) is 18.1. The van der Waals surface area contributed by atoms with E-state index in [1.165, 1.54) is 16.7 Å². The number of carbonyl (C=O) groups excluding carboxylic acids is 1. The van der Waals surface area contributed by atoms with E-state index in [-0.39, 0.29) is 5.91 Å². The number of carbonyl (C=O) groups is 1. The molecule has 1 amide bonds. The number of fused-ring (bicyclic) bond motifs is 1. The molecule has 4 nitrogen and oxygen atoms in total. The van der Waals surface area contributed by atoms with Gasteiger partial charge in [-0.15, -0.1) is 0 Å². The van der Waals surface area contributed by atoms with Gasteiger partial charge >= 0.3 is 0 Å². The van der Waals surface area contributed by atoms with Crippen LogP contribution in [0.2, 0.25) is 0 Å². The first-order chi connectivity index (χ1) is 13.2. The van der Waals surface area contributed by atoms with Crippen molar-refractivity contribution in [2.75, 3.05) is 39.8 Å². The Bertz CT molecular complexity index is 790. The van der Waals surface area contributed by atoms with Crippen molar-refractivity contribution in [2.24, 2.45) is 0 Å². The summed E-state index contributed by atoms with van der Waals surface area (Å²) < 4.78 is 5.34. The lowest BCUT2D eigenvalue weighted by molar-refractivity contribution is -0.132. The molecule has 0 spiro atoms. The average Bonchev–Trinajstić information content (AvgIpc) is 3.06. The van der Waals surface area contributed by atoms with E-state index in [1.54, 1.807) is 7.11 Å². The van der Waals surface area contributed by atoms with Crippen LogP contribution in [0.3, 0.4) is 0 Å². The second-order valence-corrected chi connectivity index (χ2v) is 7.65. The van der Waals surface area contributed by atoms with Gasteiger partial charge in [-0.25, -0.2) is 0 Å². The molecule has 0 aromatic heterocycles. The normalized spacial score (nSPS) is 20.2. The number of likely N-dealkylation sites (tertiary alicyclic amines) is 1. The second-order valence-electron chi connectivity index (χ2n) is 7.65. The fraction of sp³-hybridized carbons (Fsp3) is 0.435. The van der Waals surface area contributed by atoms with E-state index >= 15 is 0 Å². The SMILES string of the molecule is COc1ccc2c(c1)CCN(C(=O)CN1CC[C@H](c3ccccc3)C1)CC2. The minimum absolute atomic E-state index is 0.267. The van der Waals surface area contributed by atoms with Gasteiger partial charge in [0.2, 0.25) is 5.91 Å². The van der Waals surface area contributed by atoms with Gasteiger partial charge in [0.25, 0.3) is 0 Å². The maximum Gasteiger partial charge on any atom is 0.236 e. The minimum Gasteiger partial charge on any atom is -0.497 e. The summed E-state index contributed by atoms with van der Waals surface area (Å²) in [5.41, 5.74) is 4.05. The van der Waals surface area contributed by atoms with Crippen LogP contribution in [-0.4, -0.2) is 55.5 Å². The highest BCUT2D eigenvalue weighted by atomic mass is 16.5. The Balaban J connectivity index is 1.33. The van der Waals surface area contributed by atoms with Gasteiger partial charge in [-0.3, -0.25) is 9.69 Å². The van der Waals surface area contributed by atoms with Gasteiger partial charge in [0.05, 0.1) is 13.7 Å². The standard InChI is InChI=1S/C23H28N2O2/c1-27-22-8-7-19-10-13-25(14-11-20(19)15-22)23(26)17-24-12-9-21(16-24)18-5-3-2-4-6-18/h2-8,15,21H,9-14,16-17H2,1H3/t21-/m0/s1. The maximum atomic E-state index is 12.9. The summed E-state index contributed by atoms with van der Waals surface area (Å²) in [4.78, 5) is 17.2. The van der Waals surface area contributed by atoms with Crippen LogP contribution < -0.4 is 4.74 Å². The van der Waals surface area contributed by atoms with Crippen molar-refractivity contribution >= 4 is 5.91 Å². The molecule has 0 saturated carbocycles. The van der Waals surface area contributed by atoms with E-state index < -0.39 is 0 Å². The number of benzene rings is 2. The van der Waals surface area contributed by atoms with E-state index in [9.17, 15) is 4.79 Å². The molecule has 0 bridgehead atoms. The minimum atomic E-state index is 0.267. The van der Waals surface area contributed by atoms with Crippen LogP contribution in [-0.2, 0) is 17.6 Å². The van der Waals surface area contributed by atoms with Gasteiger partial charge in [-0.1, -0.05) is 36.4 Å². The number of ether oxygens (including phenoxy) is 1. The van der Waals surface area contributed by atoms with Crippen molar-refractivity contribution in [1.29, 1.82) is 0 Å². The number of hydrogen-bond acceptors (Lipinski definition) is 3. The highest BCUT2D eigenvalue weighted by Gasteiger charge is 2.27. The average molecular weight is 364 g/mol. The lowest BCUT2D eigenvalue weighted by atomic mass is 9.99. The Morgan fingerprint density at radius 3 is 2.59 bits per heavy atom. The van der Waals surface area contributed by atoms with Crippen molar-refractivity contribution in [1.82, 2.24) is 9.80 Å². The Hall–Kier alpha value is -2.33. The molecule has 2 heterocycles. The third-order valence-corrected chi connectivity index (χ3v) is 5.97. The molecule has 2 aliphatic heterocycles. The Labute approximate surface area is 161 Å². The number of methoxy groups -OCH3 is 1. The van der Waals surface area contributed by atoms with Crippen molar-refractivity contribution in [2.45, 2.75) is 25.2 Å². The molecule has 0 unspecified atom stereocenters. The molecule has 2 aliphatic rings. The fourth-order valence-corrected chi connectivity index (χ4v) is 4.34. The van der Waals surface area contributed by atoms with E-state index in [4.69, 9.17) is 4.74 Å². The van der Waals surface area contributed by atoms with Crippen molar-refractivity contribution in [3.63, 3.8) is 0 Å². The van der Waals surface area contributed by atoms with Gasteiger partial charge in [-0.2, -0.15) is 0 Å². The summed E-state index contributed by atoms with van der Waals surface area (Å²) >= 11 is 0. The fourth-order valence-electron chi connectivity index (χ4n) is 4.34. The van der Waals surface area contributed by atoms with Gasteiger partial charge in [0.1, 0.15) is 5.75 Å². The van der Waals surface area contributed by atoms with Crippen LogP contribution in [0.4, 0.5) is 0 Å². The Morgan fingerprint density at radius 1 is 1.04 bits per heavy atom. The Kier molecular flexibility index (Phi) is 5.44. The van der Waals surface area contributed by atoms with Gasteiger partial charge in [0, 0.05) is 19.6 Å². The molecule has 2 aromatic carbocycles. The maximum absolute atomic E-state index is 12.9. The van der Waals surface area contributed by atoms with E-state index in [0.29, 0.717) is 12.5 Å². The number of rotatable bonds is 4. The van der Waals surface area contributed by atoms with Gasteiger partial charge < -0.3 is 9.64 Å². The number of amides is 1. The largest absolute Gasteiger partial charge is 0.497 e. The van der Waals surface area contributed by atoms with Crippen LogP contribution >= 0.6 is 0 Å². The monoisotopic (exact) mass is 364 g/mol. The zero-order valence-electron chi connectivity index (χ0n) is 16.1. The molecule has 1 saturated heterocycles. The summed E-state index contributed by atoms with van der Waals surface area (Å²) in [7, 11) is 1.70. The molecule has 0 aliphatic carbocycles. The number of nitrogens with zero attached hydrogens (tertiary/aromatic N) is 2. The van der Waals surface area contributed by atoms with Crippen LogP contribution in [0.15, 0.2) is 48.5 Å². The smallest absolute Gasteiger partial charge is 0.236 e. The van der Waals surface area contributed by atoms with Crippen LogP contribution in [0.1, 0.15) is 29.0 Å². The molecule has 2 aromatic rings. The molecular formula is C23H28N2O2. The van der Waals surface area contributed by atoms with Crippen LogP contribution in [0.5, 0.6) is 5.75 Å². The topological polar surface area (TPSA) is 32.8 Å². The van der Waals surface area contributed by atoms with E-state index in [2.05, 4.69) is 47.4 Å². The van der Waals surface area contributed by atoms with Gasteiger partial charge in [0.15, 0.2) is 0 Å². The zero-order chi connectivity index (χ0) is 18.6. The van der Waals surface area contributed by atoms with Crippen molar-refractivity contribution in [3.8, 4) is 5.75 Å². The molecule has 1 fully saturated rings. The molecule has 142 valence electrons. The predicted octanol–water partition coefficient (Wildman–Crippen LogP) is 3.11. The summed E-state index contributed by atoms with van der Waals surface area (Å²) in [6.45, 7) is 4.16. The summed E-state index contributed by atoms with van der Waals surface area (Å²) in [5, 5.41) is 0. The lowest BCUT2D eigenvalue weighted by Crippen LogP contribution is -2.40. The van der Waals surface area contributed by atoms with Crippen molar-refractivity contribution < 1.29 is 9.53 Å². The zero-order valence-corrected chi connectivity index (χ0v) is 16.1. The van der Waals surface area contributed by atoms with E-state index in [1.807, 2.05) is 11.0 Å². The molecular weight excluding hydrogens is 336 g/mol. The summed E-state index contributed by atoms with van der Waals surface area (Å²) in [6, 6.07) is 17.0. The summed E-state index contributed by atoms with van der Waals surface area (Å²) in [5.74, 6) is 1.72. The van der Waals surface area contributed by atoms with Crippen molar-refractivity contribution in [3.05, 3.63) is 65.2 Å². The first-order valence-corrected chi connectivity index (χ1v) is 9.94. The molecule has 0 radical (unpaired) electrons. The summed E-state index contributed by atoms with van der Waals surface area (Å²) in [6.07, 6.45) is 2.98. The van der Waals surface area contributed by atoms with Crippen LogP contribution in [0, 0.1) is 0 Å². The second kappa shape index (κ2) is 8.13. The third-order valence-electron chi connectivity index (χ3n) is 5.97. The van der Waals surface area contributed by atoms with Gasteiger partial charge in [-0.05, 0) is 60.5 Å². The molecule has 4 heteroatoms. The molecule has 1 atom stereocenters. The highest BCUT2D eigenvalue weighted by Crippen LogP contribution is 2.27. The molecule has 4 rings (SSSR count). The molecule has 0 N–H and O–H groups in total. The first-order valence-electron chi connectivity index (χ1n) is 9.94. The molecule has 27 heavy (non-hydrogen) atoms. The quantitative estimate of drug-likeness (QED) is 0.836. The number of hydrogen-bond donors (Lipinski definition) is 0. The lowest BCUT2D eigenvalue weighted by Gasteiger charge is -2.24. The highest BCUT2D eigenvalue weighted by molar-refractivity contribution is 5.78.